The highest BCUT2D eigenvalue weighted by atomic mass is 35.5. The molecular formula is C34H25ClN2O4. The molecule has 41 heavy (non-hydrogen) atoms. The van der Waals surface area contributed by atoms with Gasteiger partial charge in [-0.15, -0.1) is 0 Å². The van der Waals surface area contributed by atoms with Gasteiger partial charge in [-0.25, -0.2) is 0 Å². The molecule has 202 valence electrons. The highest BCUT2D eigenvalue weighted by Crippen LogP contribution is 2.58. The standard InChI is InChI=1S/C34H25ClN2O4/c1-41-24-11-7-10-22(19-24)31(38)29-30(32(39)20-8-3-2-4-9-20)37-27-16-15-23(35)18-21(27)14-17-28(37)34(29)25-12-5-6-13-26(25)36-33(34)40/h2-19,28-30H,1H3,(H,36,40)/t28-,29-,30+,34-/m0/s1. The van der Waals surface area contributed by atoms with Crippen LogP contribution in [0.15, 0.2) is 103 Å². The lowest BCUT2D eigenvalue weighted by atomic mass is 9.64. The first-order valence-electron chi connectivity index (χ1n) is 13.4. The second kappa shape index (κ2) is 9.46. The minimum Gasteiger partial charge on any atom is -0.497 e. The molecule has 3 heterocycles. The van der Waals surface area contributed by atoms with Crippen LogP contribution in [0.3, 0.4) is 0 Å². The van der Waals surface area contributed by atoms with Gasteiger partial charge in [0.1, 0.15) is 17.2 Å². The van der Waals surface area contributed by atoms with Gasteiger partial charge < -0.3 is 15.0 Å². The van der Waals surface area contributed by atoms with E-state index in [9.17, 15) is 14.4 Å². The number of para-hydroxylation sites is 1. The van der Waals surface area contributed by atoms with Crippen molar-refractivity contribution in [1.29, 1.82) is 0 Å². The highest BCUT2D eigenvalue weighted by molar-refractivity contribution is 6.31. The molecular weight excluding hydrogens is 536 g/mol. The number of halogens is 1. The van der Waals surface area contributed by atoms with E-state index in [4.69, 9.17) is 16.3 Å². The van der Waals surface area contributed by atoms with Crippen molar-refractivity contribution in [2.75, 3.05) is 17.3 Å². The van der Waals surface area contributed by atoms with Gasteiger partial charge in [-0.05, 0) is 47.5 Å². The fourth-order valence-electron chi connectivity index (χ4n) is 6.88. The van der Waals surface area contributed by atoms with Gasteiger partial charge in [0.15, 0.2) is 11.6 Å². The van der Waals surface area contributed by atoms with E-state index < -0.39 is 23.4 Å². The first-order valence-corrected chi connectivity index (χ1v) is 13.8. The number of carbonyl (C=O) groups is 3. The molecule has 0 aromatic heterocycles. The zero-order valence-corrected chi connectivity index (χ0v) is 22.8. The molecule has 0 saturated carbocycles. The predicted octanol–water partition coefficient (Wildman–Crippen LogP) is 6.20. The minimum absolute atomic E-state index is 0.234. The van der Waals surface area contributed by atoms with Crippen LogP contribution in [0.1, 0.15) is 31.8 Å². The van der Waals surface area contributed by atoms with Crippen LogP contribution in [0.25, 0.3) is 6.08 Å². The van der Waals surface area contributed by atoms with E-state index in [0.717, 1.165) is 11.3 Å². The predicted molar refractivity (Wildman–Crippen MR) is 159 cm³/mol. The van der Waals surface area contributed by atoms with Crippen LogP contribution in [0.4, 0.5) is 11.4 Å². The molecule has 4 aromatic carbocycles. The number of amides is 1. The highest BCUT2D eigenvalue weighted by Gasteiger charge is 2.70. The van der Waals surface area contributed by atoms with Crippen LogP contribution in [0, 0.1) is 5.92 Å². The van der Waals surface area contributed by atoms with Gasteiger partial charge in [-0.2, -0.15) is 0 Å². The lowest BCUT2D eigenvalue weighted by Gasteiger charge is -2.37. The number of nitrogens with one attached hydrogen (secondary N) is 1. The Labute approximate surface area is 242 Å². The van der Waals surface area contributed by atoms with Crippen molar-refractivity contribution in [3.05, 3.63) is 130 Å². The topological polar surface area (TPSA) is 75.7 Å². The van der Waals surface area contributed by atoms with Crippen LogP contribution in [0.2, 0.25) is 5.02 Å². The van der Waals surface area contributed by atoms with Crippen molar-refractivity contribution in [1.82, 2.24) is 0 Å². The lowest BCUT2D eigenvalue weighted by Crippen LogP contribution is -2.51. The number of benzene rings is 4. The number of carbonyl (C=O) groups excluding carboxylic acids is 3. The van der Waals surface area contributed by atoms with E-state index in [1.807, 2.05) is 59.5 Å². The number of ether oxygens (including phenoxy) is 1. The maximum Gasteiger partial charge on any atom is 0.238 e. The Morgan fingerprint density at radius 1 is 0.878 bits per heavy atom. The number of hydrogen-bond donors (Lipinski definition) is 1. The van der Waals surface area contributed by atoms with Gasteiger partial charge in [-0.1, -0.05) is 84.4 Å². The molecule has 1 saturated heterocycles. The Balaban J connectivity index is 1.54. The Bertz CT molecular complexity index is 1770. The molecule has 3 aliphatic rings. The van der Waals surface area contributed by atoms with Crippen LogP contribution in [0.5, 0.6) is 5.75 Å². The summed E-state index contributed by atoms with van der Waals surface area (Å²) in [5.74, 6) is -1.38. The van der Waals surface area contributed by atoms with Crippen LogP contribution in [-0.4, -0.2) is 36.7 Å². The molecule has 4 aromatic rings. The SMILES string of the molecule is COc1cccc(C(=O)[C@@H]2[C@H](C(=O)c3ccccc3)N3c4ccc(Cl)cc4C=C[C@H]3[C@]23C(=O)Nc2ccccc23)c1. The molecule has 1 N–H and O–H groups in total. The van der Waals surface area contributed by atoms with Gasteiger partial charge in [-0.3, -0.25) is 14.4 Å². The monoisotopic (exact) mass is 560 g/mol. The average Bonchev–Trinajstić information content (AvgIpc) is 3.49. The van der Waals surface area contributed by atoms with Crippen LogP contribution >= 0.6 is 11.6 Å². The Hall–Kier alpha value is -4.68. The molecule has 7 rings (SSSR count). The molecule has 1 amide bonds. The van der Waals surface area contributed by atoms with Gasteiger partial charge in [0.25, 0.3) is 0 Å². The molecule has 1 spiro atoms. The summed E-state index contributed by atoms with van der Waals surface area (Å²) in [6, 6.07) is 27.1. The summed E-state index contributed by atoms with van der Waals surface area (Å²) in [5, 5.41) is 3.60. The van der Waals surface area contributed by atoms with E-state index in [0.29, 0.717) is 33.1 Å². The zero-order chi connectivity index (χ0) is 28.3. The zero-order valence-electron chi connectivity index (χ0n) is 22.1. The molecule has 0 aliphatic carbocycles. The number of anilines is 2. The van der Waals surface area contributed by atoms with Gasteiger partial charge in [0.2, 0.25) is 5.91 Å². The smallest absolute Gasteiger partial charge is 0.238 e. The molecule has 7 heteroatoms. The van der Waals surface area contributed by atoms with Gasteiger partial charge in [0.05, 0.1) is 19.1 Å². The number of rotatable bonds is 5. The normalized spacial score (nSPS) is 23.5. The lowest BCUT2D eigenvalue weighted by molar-refractivity contribution is -0.121. The summed E-state index contributed by atoms with van der Waals surface area (Å²) in [6.07, 6.45) is 3.87. The molecule has 0 radical (unpaired) electrons. The van der Waals surface area contributed by atoms with E-state index >= 15 is 0 Å². The van der Waals surface area contributed by atoms with Crippen molar-refractivity contribution in [2.45, 2.75) is 17.5 Å². The largest absolute Gasteiger partial charge is 0.497 e. The Kier molecular flexibility index (Phi) is 5.84. The summed E-state index contributed by atoms with van der Waals surface area (Å²) in [4.78, 5) is 45.8. The molecule has 3 aliphatic heterocycles. The molecule has 0 bridgehead atoms. The molecule has 4 atom stereocenters. The van der Waals surface area contributed by atoms with Crippen molar-refractivity contribution in [3.8, 4) is 5.75 Å². The number of ketones is 2. The number of hydrogen-bond acceptors (Lipinski definition) is 5. The quantitative estimate of drug-likeness (QED) is 0.294. The fourth-order valence-corrected chi connectivity index (χ4v) is 7.06. The second-order valence-corrected chi connectivity index (χ2v) is 11.0. The maximum absolute atomic E-state index is 14.8. The van der Waals surface area contributed by atoms with Crippen LogP contribution in [-0.2, 0) is 10.2 Å². The minimum atomic E-state index is -1.38. The van der Waals surface area contributed by atoms with Gasteiger partial charge in [0, 0.05) is 27.5 Å². The Morgan fingerprint density at radius 3 is 2.44 bits per heavy atom. The first kappa shape index (κ1) is 25.3. The second-order valence-electron chi connectivity index (χ2n) is 10.5. The molecule has 1 fully saturated rings. The van der Waals surface area contributed by atoms with Gasteiger partial charge >= 0.3 is 0 Å². The third-order valence-corrected chi connectivity index (χ3v) is 8.79. The summed E-state index contributed by atoms with van der Waals surface area (Å²) in [5.41, 5.74) is 2.37. The summed E-state index contributed by atoms with van der Waals surface area (Å²) in [6.45, 7) is 0. The van der Waals surface area contributed by atoms with Crippen molar-refractivity contribution >= 4 is 46.5 Å². The summed E-state index contributed by atoms with van der Waals surface area (Å²) >= 11 is 6.36. The average molecular weight is 561 g/mol. The number of Topliss-reactive ketones (excluding diaryl/α,β-unsaturated/α-hetero) is 2. The van der Waals surface area contributed by atoms with E-state index in [1.54, 1.807) is 54.6 Å². The number of fused-ring (bicyclic) bond motifs is 6. The van der Waals surface area contributed by atoms with E-state index in [1.165, 1.54) is 7.11 Å². The van der Waals surface area contributed by atoms with Crippen molar-refractivity contribution in [2.24, 2.45) is 5.92 Å². The number of methoxy groups -OCH3 is 1. The fraction of sp³-hybridized carbons (Fsp3) is 0.147. The van der Waals surface area contributed by atoms with Crippen molar-refractivity contribution in [3.63, 3.8) is 0 Å². The third kappa shape index (κ3) is 3.60. The maximum atomic E-state index is 14.8. The van der Waals surface area contributed by atoms with Crippen molar-refractivity contribution < 1.29 is 19.1 Å². The molecule has 0 unspecified atom stereocenters. The summed E-state index contributed by atoms with van der Waals surface area (Å²) in [7, 11) is 1.54. The molecule has 6 nitrogen and oxygen atoms in total. The van der Waals surface area contributed by atoms with Crippen LogP contribution < -0.4 is 15.0 Å². The third-order valence-electron chi connectivity index (χ3n) is 8.56. The summed E-state index contributed by atoms with van der Waals surface area (Å²) < 4.78 is 5.43. The Morgan fingerprint density at radius 2 is 1.63 bits per heavy atom. The van der Waals surface area contributed by atoms with E-state index in [-0.39, 0.29) is 17.5 Å². The van der Waals surface area contributed by atoms with E-state index in [2.05, 4.69) is 5.32 Å². The first-order chi connectivity index (χ1) is 19.9. The number of nitrogens with zero attached hydrogens (tertiary/aromatic N) is 1.